The number of nitrogens with zero attached hydrogens (tertiary/aromatic N) is 4. The van der Waals surface area contributed by atoms with Crippen LogP contribution in [0.1, 0.15) is 22.5 Å². The smallest absolute Gasteiger partial charge is 0.211 e. The number of hydrogen-bond donors (Lipinski definition) is 1. The topological polar surface area (TPSA) is 78.4 Å². The molecule has 1 N–H and O–H groups in total. The van der Waals surface area contributed by atoms with Crippen molar-refractivity contribution in [2.24, 2.45) is 0 Å². The summed E-state index contributed by atoms with van der Waals surface area (Å²) in [5.74, 6) is 0.796. The first kappa shape index (κ1) is 23.2. The van der Waals surface area contributed by atoms with Gasteiger partial charge in [-0.2, -0.15) is 0 Å². The van der Waals surface area contributed by atoms with Crippen molar-refractivity contribution in [1.29, 1.82) is 0 Å². The molecule has 1 aliphatic rings. The lowest BCUT2D eigenvalue weighted by molar-refractivity contribution is 0.313. The lowest BCUT2D eigenvalue weighted by atomic mass is 10.1. The second-order valence-electron chi connectivity index (χ2n) is 8.82. The third-order valence-corrected chi connectivity index (χ3v) is 7.87. The number of benzene rings is 2. The van der Waals surface area contributed by atoms with Crippen molar-refractivity contribution < 1.29 is 8.42 Å². The zero-order valence-corrected chi connectivity index (χ0v) is 20.7. The molecule has 33 heavy (non-hydrogen) atoms. The lowest BCUT2D eigenvalue weighted by Crippen LogP contribution is -2.44. The highest BCUT2D eigenvalue weighted by Gasteiger charge is 2.25. The fourth-order valence-corrected chi connectivity index (χ4v) is 5.56. The number of aromatic nitrogens is 2. The van der Waals surface area contributed by atoms with E-state index in [9.17, 15) is 8.42 Å². The normalized spacial score (nSPS) is 15.0. The summed E-state index contributed by atoms with van der Waals surface area (Å²) in [5, 5.41) is 3.28. The Morgan fingerprint density at radius 1 is 0.909 bits per heavy atom. The van der Waals surface area contributed by atoms with Crippen molar-refractivity contribution in [1.82, 2.24) is 14.9 Å². The van der Waals surface area contributed by atoms with Crippen LogP contribution < -0.4 is 10.2 Å². The zero-order valence-electron chi connectivity index (χ0n) is 19.9. The quantitative estimate of drug-likeness (QED) is 0.609. The fraction of sp³-hybridized carbons (Fsp3) is 0.360. The number of nitrogens with one attached hydrogen (secondary N) is 1. The molecule has 174 valence electrons. The molecule has 1 aliphatic heterocycles. The Labute approximate surface area is 196 Å². The number of rotatable bonds is 5. The molecule has 0 saturated carbocycles. The summed E-state index contributed by atoms with van der Waals surface area (Å²) in [4.78, 5) is 13.5. The van der Waals surface area contributed by atoms with Crippen LogP contribution in [0, 0.1) is 27.7 Å². The molecule has 8 heteroatoms. The van der Waals surface area contributed by atoms with E-state index in [2.05, 4.69) is 44.3 Å². The molecule has 7 nitrogen and oxygen atoms in total. The van der Waals surface area contributed by atoms with Crippen molar-refractivity contribution >= 4 is 27.0 Å². The second-order valence-corrected chi connectivity index (χ2v) is 10.7. The first-order valence-corrected chi connectivity index (χ1v) is 12.6. The molecule has 0 bridgehead atoms. The molecule has 1 aromatic heterocycles. The Hall–Kier alpha value is -2.97. The van der Waals surface area contributed by atoms with E-state index < -0.39 is 9.84 Å². The number of likely N-dealkylation sites (N-methyl/N-ethyl adjacent to an activating group) is 1. The highest BCUT2D eigenvalue weighted by atomic mass is 32.2. The largest absolute Gasteiger partial charge is 0.369 e. The molecule has 1 fully saturated rings. The fourth-order valence-electron chi connectivity index (χ4n) is 4.27. The van der Waals surface area contributed by atoms with Gasteiger partial charge in [-0.05, 0) is 70.1 Å². The van der Waals surface area contributed by atoms with Gasteiger partial charge in [-0.15, -0.1) is 0 Å². The molecule has 2 heterocycles. The monoisotopic (exact) mass is 465 g/mol. The van der Waals surface area contributed by atoms with E-state index in [-0.39, 0.29) is 9.79 Å². The van der Waals surface area contributed by atoms with Crippen LogP contribution in [0.15, 0.2) is 52.4 Å². The maximum atomic E-state index is 13.6. The number of anilines is 3. The maximum absolute atomic E-state index is 13.6. The van der Waals surface area contributed by atoms with E-state index >= 15 is 0 Å². The van der Waals surface area contributed by atoms with Crippen LogP contribution in [0.5, 0.6) is 0 Å². The van der Waals surface area contributed by atoms with Crippen LogP contribution in [0.2, 0.25) is 0 Å². The summed E-state index contributed by atoms with van der Waals surface area (Å²) in [7, 11) is -1.70. The summed E-state index contributed by atoms with van der Waals surface area (Å²) in [5.41, 5.74) is 5.11. The van der Waals surface area contributed by atoms with Crippen molar-refractivity contribution in [2.45, 2.75) is 37.5 Å². The van der Waals surface area contributed by atoms with Gasteiger partial charge in [0.1, 0.15) is 10.7 Å². The Morgan fingerprint density at radius 3 is 2.12 bits per heavy atom. The Morgan fingerprint density at radius 2 is 1.52 bits per heavy atom. The summed E-state index contributed by atoms with van der Waals surface area (Å²) < 4.78 is 27.1. The minimum absolute atomic E-state index is 0.0693. The Bertz CT molecular complexity index is 1240. The molecule has 0 atom stereocenters. The van der Waals surface area contributed by atoms with Gasteiger partial charge in [-0.25, -0.2) is 18.4 Å². The van der Waals surface area contributed by atoms with Crippen LogP contribution in [0.3, 0.4) is 0 Å². The highest BCUT2D eigenvalue weighted by molar-refractivity contribution is 7.91. The lowest BCUT2D eigenvalue weighted by Gasteiger charge is -2.34. The first-order chi connectivity index (χ1) is 15.6. The van der Waals surface area contributed by atoms with Crippen LogP contribution in [-0.2, 0) is 9.84 Å². The van der Waals surface area contributed by atoms with Gasteiger partial charge in [0.05, 0.1) is 11.1 Å². The predicted octanol–water partition coefficient (Wildman–Crippen LogP) is 4.04. The zero-order chi connectivity index (χ0) is 23.8. The van der Waals surface area contributed by atoms with Crippen molar-refractivity contribution in [3.05, 3.63) is 65.1 Å². The van der Waals surface area contributed by atoms with Gasteiger partial charge < -0.3 is 15.1 Å². The van der Waals surface area contributed by atoms with Gasteiger partial charge in [0.15, 0.2) is 5.82 Å². The molecule has 0 spiro atoms. The summed E-state index contributed by atoms with van der Waals surface area (Å²) in [6.45, 7) is 11.6. The van der Waals surface area contributed by atoms with Gasteiger partial charge in [-0.3, -0.25) is 0 Å². The van der Waals surface area contributed by atoms with E-state index in [1.165, 1.54) is 6.20 Å². The average Bonchev–Trinajstić information content (AvgIpc) is 2.77. The molecule has 0 radical (unpaired) electrons. The van der Waals surface area contributed by atoms with E-state index in [0.717, 1.165) is 54.2 Å². The summed E-state index contributed by atoms with van der Waals surface area (Å²) >= 11 is 0. The second kappa shape index (κ2) is 9.11. The number of piperazine rings is 1. The molecule has 0 aliphatic carbocycles. The van der Waals surface area contributed by atoms with Gasteiger partial charge in [0.25, 0.3) is 0 Å². The van der Waals surface area contributed by atoms with E-state index in [1.54, 1.807) is 19.1 Å². The number of hydrogen-bond acceptors (Lipinski definition) is 7. The van der Waals surface area contributed by atoms with E-state index in [4.69, 9.17) is 0 Å². The minimum Gasteiger partial charge on any atom is -0.369 e. The SMILES string of the molecule is Cc1cc(C)c(Nc2nc(C)ncc2S(=O)(=O)c2ccc(N3CCN(C)CC3)cc2)c(C)c1. The van der Waals surface area contributed by atoms with Crippen LogP contribution in [0.25, 0.3) is 0 Å². The molecular formula is C25H31N5O2S. The maximum Gasteiger partial charge on any atom is 0.211 e. The first-order valence-electron chi connectivity index (χ1n) is 11.1. The summed E-state index contributed by atoms with van der Waals surface area (Å²) in [6, 6.07) is 11.2. The predicted molar refractivity (Wildman–Crippen MR) is 132 cm³/mol. The molecule has 2 aromatic carbocycles. The number of aryl methyl sites for hydroxylation is 4. The molecule has 3 aromatic rings. The average molecular weight is 466 g/mol. The molecule has 4 rings (SSSR count). The van der Waals surface area contributed by atoms with E-state index in [1.807, 2.05) is 32.9 Å². The van der Waals surface area contributed by atoms with Gasteiger partial charge in [0, 0.05) is 37.6 Å². The van der Waals surface area contributed by atoms with Crippen molar-refractivity contribution in [3.63, 3.8) is 0 Å². The summed E-state index contributed by atoms with van der Waals surface area (Å²) in [6.07, 6.45) is 1.40. The Balaban J connectivity index is 1.67. The van der Waals surface area contributed by atoms with Crippen molar-refractivity contribution in [2.75, 3.05) is 43.4 Å². The third-order valence-electron chi connectivity index (χ3n) is 6.10. The van der Waals surface area contributed by atoms with Crippen LogP contribution in [0.4, 0.5) is 17.2 Å². The molecular weight excluding hydrogens is 434 g/mol. The van der Waals surface area contributed by atoms with Crippen LogP contribution in [-0.4, -0.2) is 56.5 Å². The molecule has 0 amide bonds. The molecule has 0 unspecified atom stereocenters. The van der Waals surface area contributed by atoms with Gasteiger partial charge in [0.2, 0.25) is 9.84 Å². The van der Waals surface area contributed by atoms with Gasteiger partial charge >= 0.3 is 0 Å². The van der Waals surface area contributed by atoms with E-state index in [0.29, 0.717) is 11.6 Å². The number of sulfone groups is 1. The van der Waals surface area contributed by atoms with Crippen LogP contribution >= 0.6 is 0 Å². The highest BCUT2D eigenvalue weighted by Crippen LogP contribution is 2.32. The standard InChI is InChI=1S/C25H31N5O2S/c1-17-14-18(2)24(19(3)15-17)28-25-23(16-26-20(4)27-25)33(31,32)22-8-6-21(7-9-22)30-12-10-29(5)11-13-30/h6-9,14-16H,10-13H2,1-5H3,(H,26,27,28). The molecule has 1 saturated heterocycles. The van der Waals surface area contributed by atoms with Crippen molar-refractivity contribution in [3.8, 4) is 0 Å². The van der Waals surface area contributed by atoms with Gasteiger partial charge in [-0.1, -0.05) is 17.7 Å². The Kier molecular flexibility index (Phi) is 6.41. The minimum atomic E-state index is -3.81. The third kappa shape index (κ3) is 4.86.